The van der Waals surface area contributed by atoms with Gasteiger partial charge in [0.05, 0.1) is 26.3 Å². The third kappa shape index (κ3) is 4.84. The normalized spacial score (nSPS) is 10.8. The first-order valence-corrected chi connectivity index (χ1v) is 10.6. The molecule has 0 atom stereocenters. The third-order valence-corrected chi connectivity index (χ3v) is 5.45. The fourth-order valence-electron chi connectivity index (χ4n) is 3.52. The van der Waals surface area contributed by atoms with Crippen LogP contribution in [0.1, 0.15) is 5.56 Å². The van der Waals surface area contributed by atoms with Crippen LogP contribution < -0.4 is 10.1 Å². The molecule has 1 N–H and O–H groups in total. The van der Waals surface area contributed by atoms with Gasteiger partial charge in [-0.25, -0.2) is 4.98 Å². The van der Waals surface area contributed by atoms with Gasteiger partial charge in [0.1, 0.15) is 11.4 Å². The maximum Gasteiger partial charge on any atom is 0.224 e. The number of nitrogens with zero attached hydrogens (tertiary/aromatic N) is 4. The monoisotopic (exact) mass is 449 g/mol. The van der Waals surface area contributed by atoms with Crippen molar-refractivity contribution >= 4 is 17.5 Å². The van der Waals surface area contributed by atoms with Gasteiger partial charge in [-0.15, -0.1) is 0 Å². The molecule has 8 heteroatoms. The number of methoxy groups -OCH3 is 1. The minimum atomic E-state index is -0.0428. The molecule has 2 aromatic heterocycles. The Morgan fingerprint density at radius 2 is 1.88 bits per heavy atom. The lowest BCUT2D eigenvalue weighted by atomic mass is 10.1. The van der Waals surface area contributed by atoms with Crippen molar-refractivity contribution in [3.05, 3.63) is 77.7 Å². The lowest BCUT2D eigenvalue weighted by Gasteiger charge is -2.11. The van der Waals surface area contributed by atoms with Gasteiger partial charge in [-0.3, -0.25) is 9.48 Å². The van der Waals surface area contributed by atoms with E-state index in [0.717, 1.165) is 34.0 Å². The summed E-state index contributed by atoms with van der Waals surface area (Å²) >= 11 is 6.06. The first kappa shape index (κ1) is 21.6. The molecule has 0 saturated carbocycles. The van der Waals surface area contributed by atoms with Gasteiger partial charge in [-0.1, -0.05) is 35.9 Å². The summed E-state index contributed by atoms with van der Waals surface area (Å²) in [7, 11) is 3.57. The topological polar surface area (TPSA) is 74.0 Å². The Hall–Kier alpha value is -3.58. The number of hydrogen-bond donors (Lipinski definition) is 1. The molecule has 0 unspecified atom stereocenters. The van der Waals surface area contributed by atoms with Crippen LogP contribution >= 0.6 is 11.6 Å². The summed E-state index contributed by atoms with van der Waals surface area (Å²) in [5.41, 5.74) is 3.79. The van der Waals surface area contributed by atoms with Crippen molar-refractivity contribution in [1.82, 2.24) is 24.6 Å². The van der Waals surface area contributed by atoms with Gasteiger partial charge in [-0.05, 0) is 35.4 Å². The van der Waals surface area contributed by atoms with E-state index in [1.807, 2.05) is 77.2 Å². The average molecular weight is 450 g/mol. The summed E-state index contributed by atoms with van der Waals surface area (Å²) in [4.78, 5) is 16.9. The third-order valence-electron chi connectivity index (χ3n) is 5.20. The second-order valence-electron chi connectivity index (χ2n) is 7.37. The van der Waals surface area contributed by atoms with Crippen LogP contribution in [-0.2, 0) is 24.8 Å². The molecule has 0 spiro atoms. The summed E-state index contributed by atoms with van der Waals surface area (Å²) in [5, 5.41) is 8.23. The van der Waals surface area contributed by atoms with Crippen molar-refractivity contribution in [3.8, 4) is 28.4 Å². The highest BCUT2D eigenvalue weighted by Gasteiger charge is 2.18. The van der Waals surface area contributed by atoms with Crippen molar-refractivity contribution in [2.24, 2.45) is 7.05 Å². The highest BCUT2D eigenvalue weighted by molar-refractivity contribution is 6.30. The zero-order valence-electron chi connectivity index (χ0n) is 18.0. The average Bonchev–Trinajstić information content (AvgIpc) is 3.40. The summed E-state index contributed by atoms with van der Waals surface area (Å²) in [5.74, 6) is 1.53. The van der Waals surface area contributed by atoms with E-state index < -0.39 is 0 Å². The number of halogens is 1. The maximum absolute atomic E-state index is 12.4. The molecular weight excluding hydrogens is 426 g/mol. The first-order chi connectivity index (χ1) is 15.5. The summed E-state index contributed by atoms with van der Waals surface area (Å²) in [6.45, 7) is 0.971. The van der Waals surface area contributed by atoms with E-state index in [2.05, 4.69) is 15.4 Å². The predicted molar refractivity (Wildman–Crippen MR) is 125 cm³/mol. The number of carbonyl (C=O) groups excluding carboxylic acids is 1. The smallest absolute Gasteiger partial charge is 0.224 e. The fraction of sp³-hybridized carbons (Fsp3) is 0.208. The first-order valence-electron chi connectivity index (χ1n) is 10.2. The maximum atomic E-state index is 12.4. The molecule has 0 aliphatic carbocycles. The fourth-order valence-corrected chi connectivity index (χ4v) is 3.64. The minimum absolute atomic E-state index is 0.0428. The Morgan fingerprint density at radius 1 is 1.12 bits per heavy atom. The van der Waals surface area contributed by atoms with Gasteiger partial charge in [0.2, 0.25) is 5.91 Å². The zero-order valence-corrected chi connectivity index (χ0v) is 18.7. The standard InChI is InChI=1S/C24H24ClN5O2/c1-29-13-11-27-24(29)23-21(18-5-7-19(25)8-6-18)16-28-30(23)14-12-26-22(31)15-17-3-9-20(32-2)10-4-17/h3-11,13,16H,12,14-15H2,1-2H3,(H,26,31). The molecule has 32 heavy (non-hydrogen) atoms. The SMILES string of the molecule is COc1ccc(CC(=O)NCCn2ncc(-c3ccc(Cl)cc3)c2-c2nccn2C)cc1. The van der Waals surface area contributed by atoms with Crippen LogP contribution in [-0.4, -0.2) is 38.9 Å². The number of ether oxygens (including phenoxy) is 1. The predicted octanol–water partition coefficient (Wildman–Crippen LogP) is 3.97. The van der Waals surface area contributed by atoms with Crippen LogP contribution in [0.3, 0.4) is 0 Å². The zero-order chi connectivity index (χ0) is 22.5. The Labute approximate surface area is 191 Å². The van der Waals surface area contributed by atoms with Crippen molar-refractivity contribution in [1.29, 1.82) is 0 Å². The number of rotatable bonds is 8. The molecule has 0 bridgehead atoms. The number of carbonyl (C=O) groups is 1. The van der Waals surface area contributed by atoms with Gasteiger partial charge in [-0.2, -0.15) is 5.10 Å². The molecule has 0 aliphatic rings. The van der Waals surface area contributed by atoms with Crippen LogP contribution in [0.25, 0.3) is 22.6 Å². The molecule has 0 aliphatic heterocycles. The van der Waals surface area contributed by atoms with E-state index in [-0.39, 0.29) is 5.91 Å². The molecule has 4 rings (SSSR count). The summed E-state index contributed by atoms with van der Waals surface area (Å²) in [6.07, 6.45) is 5.79. The van der Waals surface area contributed by atoms with Gasteiger partial charge in [0.15, 0.2) is 5.82 Å². The Balaban J connectivity index is 1.48. The molecule has 0 fully saturated rings. The van der Waals surface area contributed by atoms with Crippen LogP contribution in [0.4, 0.5) is 0 Å². The van der Waals surface area contributed by atoms with Crippen LogP contribution in [0.2, 0.25) is 5.02 Å². The number of nitrogens with one attached hydrogen (secondary N) is 1. The molecular formula is C24H24ClN5O2. The number of benzene rings is 2. The number of aryl methyl sites for hydroxylation is 1. The second kappa shape index (κ2) is 9.70. The van der Waals surface area contributed by atoms with Gasteiger partial charge >= 0.3 is 0 Å². The van der Waals surface area contributed by atoms with E-state index in [1.54, 1.807) is 13.3 Å². The molecule has 164 valence electrons. The molecule has 1 amide bonds. The minimum Gasteiger partial charge on any atom is -0.497 e. The lowest BCUT2D eigenvalue weighted by Crippen LogP contribution is -2.29. The quantitative estimate of drug-likeness (QED) is 0.441. The van der Waals surface area contributed by atoms with Gasteiger partial charge < -0.3 is 14.6 Å². The lowest BCUT2D eigenvalue weighted by molar-refractivity contribution is -0.120. The largest absolute Gasteiger partial charge is 0.497 e. The van der Waals surface area contributed by atoms with E-state index in [9.17, 15) is 4.79 Å². The van der Waals surface area contributed by atoms with Gasteiger partial charge in [0, 0.05) is 36.6 Å². The molecule has 4 aromatic rings. The number of imidazole rings is 1. The molecule has 0 saturated heterocycles. The van der Waals surface area contributed by atoms with Crippen LogP contribution in [0.15, 0.2) is 67.1 Å². The Kier molecular flexibility index (Phi) is 6.56. The number of hydrogen-bond acceptors (Lipinski definition) is 4. The highest BCUT2D eigenvalue weighted by atomic mass is 35.5. The van der Waals surface area contributed by atoms with Crippen molar-refractivity contribution < 1.29 is 9.53 Å². The van der Waals surface area contributed by atoms with E-state index in [4.69, 9.17) is 16.3 Å². The number of amides is 1. The van der Waals surface area contributed by atoms with E-state index >= 15 is 0 Å². The van der Waals surface area contributed by atoms with Gasteiger partial charge in [0.25, 0.3) is 0 Å². The summed E-state index contributed by atoms with van der Waals surface area (Å²) in [6, 6.07) is 15.1. The van der Waals surface area contributed by atoms with E-state index in [1.165, 1.54) is 0 Å². The summed E-state index contributed by atoms with van der Waals surface area (Å²) < 4.78 is 8.98. The van der Waals surface area contributed by atoms with Crippen molar-refractivity contribution in [3.63, 3.8) is 0 Å². The van der Waals surface area contributed by atoms with Crippen LogP contribution in [0, 0.1) is 0 Å². The van der Waals surface area contributed by atoms with Crippen molar-refractivity contribution in [2.45, 2.75) is 13.0 Å². The van der Waals surface area contributed by atoms with Crippen LogP contribution in [0.5, 0.6) is 5.75 Å². The number of aromatic nitrogens is 4. The molecule has 0 radical (unpaired) electrons. The molecule has 7 nitrogen and oxygen atoms in total. The highest BCUT2D eigenvalue weighted by Crippen LogP contribution is 2.31. The second-order valence-corrected chi connectivity index (χ2v) is 7.81. The molecule has 2 aromatic carbocycles. The molecule has 2 heterocycles. The van der Waals surface area contributed by atoms with Crippen molar-refractivity contribution in [2.75, 3.05) is 13.7 Å². The Bertz CT molecular complexity index is 1200. The van der Waals surface area contributed by atoms with E-state index in [0.29, 0.717) is 24.5 Å². The Morgan fingerprint density at radius 3 is 2.53 bits per heavy atom.